The summed E-state index contributed by atoms with van der Waals surface area (Å²) in [5.74, 6) is 0. The topological polar surface area (TPSA) is 24.5 Å². The van der Waals surface area contributed by atoms with Crippen molar-refractivity contribution in [1.29, 1.82) is 0 Å². The Bertz CT molecular complexity index is 253. The number of hydrogen-bond donors (Lipinski definition) is 1. The highest BCUT2D eigenvalue weighted by molar-refractivity contribution is 5.27. The van der Waals surface area contributed by atoms with Gasteiger partial charge in [0.15, 0.2) is 0 Å². The number of rotatable bonds is 0. The molecule has 3 nitrogen and oxygen atoms in total. The van der Waals surface area contributed by atoms with Gasteiger partial charge in [0, 0.05) is 6.20 Å². The van der Waals surface area contributed by atoms with Gasteiger partial charge < -0.3 is 10.2 Å². The molecule has 1 saturated carbocycles. The van der Waals surface area contributed by atoms with Crippen LogP contribution in [0.15, 0.2) is 24.2 Å². The number of nitrogens with one attached hydrogen (secondary N) is 1. The van der Waals surface area contributed by atoms with Crippen LogP contribution in [0.3, 0.4) is 0 Å². The first kappa shape index (κ1) is 5.52. The first-order valence-corrected chi connectivity index (χ1v) is 3.96. The summed E-state index contributed by atoms with van der Waals surface area (Å²) in [5.41, 5.74) is 4.68. The van der Waals surface area contributed by atoms with E-state index in [4.69, 9.17) is 4.74 Å². The van der Waals surface area contributed by atoms with Gasteiger partial charge in [0.25, 0.3) is 0 Å². The van der Waals surface area contributed by atoms with E-state index in [9.17, 15) is 0 Å². The van der Waals surface area contributed by atoms with E-state index in [2.05, 4.69) is 10.4 Å². The molecule has 0 aromatic rings. The highest BCUT2D eigenvalue weighted by atomic mass is 16.5. The minimum atomic E-state index is 0.299. The number of hydrazine groups is 1. The summed E-state index contributed by atoms with van der Waals surface area (Å²) in [6.07, 6.45) is 8.32. The van der Waals surface area contributed by atoms with Crippen LogP contribution >= 0.6 is 0 Å². The van der Waals surface area contributed by atoms with Gasteiger partial charge in [-0.2, -0.15) is 0 Å². The fourth-order valence-electron chi connectivity index (χ4n) is 1.71. The average Bonchev–Trinajstić information content (AvgIpc) is 2.63. The van der Waals surface area contributed by atoms with Crippen molar-refractivity contribution in [1.82, 2.24) is 10.4 Å². The molecule has 11 heavy (non-hydrogen) atoms. The molecule has 0 radical (unpaired) electrons. The van der Waals surface area contributed by atoms with Crippen molar-refractivity contribution in [3.05, 3.63) is 24.2 Å². The van der Waals surface area contributed by atoms with Crippen LogP contribution in [-0.4, -0.2) is 17.2 Å². The molecular weight excluding hydrogens is 140 g/mol. The Morgan fingerprint density at radius 2 is 2.45 bits per heavy atom. The van der Waals surface area contributed by atoms with E-state index in [1.165, 1.54) is 12.8 Å². The molecule has 0 amide bonds. The molecule has 0 saturated heterocycles. The van der Waals surface area contributed by atoms with Crippen LogP contribution in [0.4, 0.5) is 0 Å². The zero-order chi connectivity index (χ0) is 7.31. The molecular formula is C8H10N2O. The molecule has 58 valence electrons. The third kappa shape index (κ3) is 0.582. The molecule has 1 N–H and O–H groups in total. The van der Waals surface area contributed by atoms with E-state index in [1.807, 2.05) is 18.5 Å². The van der Waals surface area contributed by atoms with Crippen molar-refractivity contribution >= 4 is 0 Å². The van der Waals surface area contributed by atoms with Gasteiger partial charge >= 0.3 is 0 Å². The van der Waals surface area contributed by atoms with Crippen LogP contribution in [0.25, 0.3) is 0 Å². The Kier molecular flexibility index (Phi) is 0.776. The minimum Gasteiger partial charge on any atom is -0.496 e. The second-order valence-corrected chi connectivity index (χ2v) is 3.38. The Morgan fingerprint density at radius 3 is 3.27 bits per heavy atom. The van der Waals surface area contributed by atoms with Crippen molar-refractivity contribution in [2.75, 3.05) is 6.61 Å². The molecule has 2 aliphatic heterocycles. The third-order valence-electron chi connectivity index (χ3n) is 2.57. The van der Waals surface area contributed by atoms with E-state index in [0.717, 1.165) is 12.3 Å². The standard InChI is InChI=1S/C8H10N2O/c1-4-9-10-7(1)5-11-6-8(10)2-3-8/h1,4-5,9H,2-3,6H2. The van der Waals surface area contributed by atoms with Gasteiger partial charge in [0.2, 0.25) is 0 Å². The molecule has 1 spiro atoms. The van der Waals surface area contributed by atoms with Gasteiger partial charge in [-0.15, -0.1) is 0 Å². The van der Waals surface area contributed by atoms with Gasteiger partial charge in [-0.05, 0) is 18.9 Å². The molecule has 0 unspecified atom stereocenters. The quantitative estimate of drug-likeness (QED) is 0.550. The van der Waals surface area contributed by atoms with Crippen molar-refractivity contribution in [3.8, 4) is 0 Å². The van der Waals surface area contributed by atoms with Crippen molar-refractivity contribution in [2.24, 2.45) is 0 Å². The number of fused-ring (bicyclic) bond motifs is 2. The summed E-state index contributed by atoms with van der Waals surface area (Å²) in [6, 6.07) is 0. The number of ether oxygens (including phenoxy) is 1. The fourth-order valence-corrected chi connectivity index (χ4v) is 1.71. The first-order valence-electron chi connectivity index (χ1n) is 3.96. The second kappa shape index (κ2) is 1.55. The van der Waals surface area contributed by atoms with Crippen LogP contribution in [0.5, 0.6) is 0 Å². The van der Waals surface area contributed by atoms with Gasteiger partial charge in [0.1, 0.15) is 12.9 Å². The van der Waals surface area contributed by atoms with Gasteiger partial charge in [0.05, 0.1) is 11.2 Å². The Balaban J connectivity index is 2.00. The largest absolute Gasteiger partial charge is 0.496 e. The molecule has 1 fully saturated rings. The molecule has 3 rings (SSSR count). The van der Waals surface area contributed by atoms with Crippen molar-refractivity contribution < 1.29 is 4.74 Å². The first-order chi connectivity index (χ1) is 5.41. The van der Waals surface area contributed by atoms with Crippen LogP contribution in [0.1, 0.15) is 12.8 Å². The SMILES string of the molecule is C1=CC2=COCC3(CC3)N2N1. The number of nitrogens with zero attached hydrogens (tertiary/aromatic N) is 1. The molecule has 2 heterocycles. The second-order valence-electron chi connectivity index (χ2n) is 3.38. The lowest BCUT2D eigenvalue weighted by atomic mass is 10.2. The Labute approximate surface area is 65.3 Å². The average molecular weight is 150 g/mol. The van der Waals surface area contributed by atoms with E-state index in [0.29, 0.717) is 5.54 Å². The molecule has 0 bridgehead atoms. The summed E-state index contributed by atoms with van der Waals surface area (Å²) in [5, 5.41) is 2.22. The Morgan fingerprint density at radius 1 is 1.55 bits per heavy atom. The van der Waals surface area contributed by atoms with E-state index in [-0.39, 0.29) is 0 Å². The van der Waals surface area contributed by atoms with Crippen molar-refractivity contribution in [3.63, 3.8) is 0 Å². The van der Waals surface area contributed by atoms with Crippen molar-refractivity contribution in [2.45, 2.75) is 18.4 Å². The predicted octanol–water partition coefficient (Wildman–Crippen LogP) is 0.724. The molecule has 0 atom stereocenters. The Hall–Kier alpha value is -1.12. The smallest absolute Gasteiger partial charge is 0.113 e. The number of hydrogen-bond acceptors (Lipinski definition) is 3. The fraction of sp³-hybridized carbons (Fsp3) is 0.500. The molecule has 3 heteroatoms. The molecule has 0 aromatic heterocycles. The zero-order valence-electron chi connectivity index (χ0n) is 6.21. The lowest BCUT2D eigenvalue weighted by Gasteiger charge is -2.33. The monoisotopic (exact) mass is 150 g/mol. The zero-order valence-corrected chi connectivity index (χ0v) is 6.21. The maximum atomic E-state index is 5.37. The van der Waals surface area contributed by atoms with E-state index in [1.54, 1.807) is 0 Å². The van der Waals surface area contributed by atoms with E-state index < -0.39 is 0 Å². The summed E-state index contributed by atoms with van der Waals surface area (Å²) in [6.45, 7) is 0.838. The maximum Gasteiger partial charge on any atom is 0.113 e. The number of allylic oxidation sites excluding steroid dienone is 1. The highest BCUT2D eigenvalue weighted by Gasteiger charge is 2.52. The van der Waals surface area contributed by atoms with Gasteiger partial charge in [-0.3, -0.25) is 5.01 Å². The lowest BCUT2D eigenvalue weighted by Crippen LogP contribution is -2.45. The summed E-state index contributed by atoms with van der Waals surface area (Å²) < 4.78 is 5.37. The lowest BCUT2D eigenvalue weighted by molar-refractivity contribution is 0.0708. The summed E-state index contributed by atoms with van der Waals surface area (Å²) >= 11 is 0. The molecule has 1 aliphatic carbocycles. The van der Waals surface area contributed by atoms with E-state index >= 15 is 0 Å². The molecule has 3 aliphatic rings. The summed E-state index contributed by atoms with van der Waals surface area (Å²) in [7, 11) is 0. The minimum absolute atomic E-state index is 0.299. The van der Waals surface area contributed by atoms with Gasteiger partial charge in [-0.1, -0.05) is 0 Å². The van der Waals surface area contributed by atoms with Gasteiger partial charge in [-0.25, -0.2) is 0 Å². The van der Waals surface area contributed by atoms with Crippen LogP contribution in [0, 0.1) is 0 Å². The van der Waals surface area contributed by atoms with Crippen LogP contribution < -0.4 is 5.43 Å². The highest BCUT2D eigenvalue weighted by Crippen LogP contribution is 2.45. The summed E-state index contributed by atoms with van der Waals surface area (Å²) in [4.78, 5) is 0. The predicted molar refractivity (Wildman–Crippen MR) is 40.1 cm³/mol. The van der Waals surface area contributed by atoms with Crippen LogP contribution in [-0.2, 0) is 4.74 Å². The van der Waals surface area contributed by atoms with Crippen LogP contribution in [0.2, 0.25) is 0 Å². The third-order valence-corrected chi connectivity index (χ3v) is 2.57. The normalized spacial score (nSPS) is 29.1. The maximum absolute atomic E-state index is 5.37. The molecule has 0 aromatic carbocycles.